The third-order valence-corrected chi connectivity index (χ3v) is 3.81. The van der Waals surface area contributed by atoms with Crippen molar-refractivity contribution in [1.29, 1.82) is 0 Å². The van der Waals surface area contributed by atoms with Gasteiger partial charge in [-0.2, -0.15) is 0 Å². The third kappa shape index (κ3) is 3.77. The van der Waals surface area contributed by atoms with Gasteiger partial charge in [-0.3, -0.25) is 4.98 Å². The maximum atomic E-state index is 13.3. The van der Waals surface area contributed by atoms with Crippen molar-refractivity contribution in [1.82, 2.24) is 10.3 Å². The minimum absolute atomic E-state index is 0.234. The van der Waals surface area contributed by atoms with Gasteiger partial charge in [0.15, 0.2) is 0 Å². The Kier molecular flexibility index (Phi) is 5.12. The highest BCUT2D eigenvalue weighted by Crippen LogP contribution is 2.32. The summed E-state index contributed by atoms with van der Waals surface area (Å²) in [5, 5.41) is 3.53. The highest BCUT2D eigenvalue weighted by atomic mass is 19.1. The Morgan fingerprint density at radius 1 is 1.39 bits per heavy atom. The maximum Gasteiger partial charge on any atom is 0.141 e. The average molecular weight is 250 g/mol. The molecule has 0 radical (unpaired) electrons. The summed E-state index contributed by atoms with van der Waals surface area (Å²) in [4.78, 5) is 3.97. The minimum atomic E-state index is -0.234. The van der Waals surface area contributed by atoms with Crippen LogP contribution in [0.1, 0.15) is 57.1 Å². The smallest absolute Gasteiger partial charge is 0.141 e. The molecule has 0 amide bonds. The lowest BCUT2D eigenvalue weighted by atomic mass is 9.94. The molecule has 0 spiro atoms. The molecule has 3 heteroatoms. The zero-order valence-electron chi connectivity index (χ0n) is 11.2. The van der Waals surface area contributed by atoms with Crippen molar-refractivity contribution in [3.8, 4) is 0 Å². The van der Waals surface area contributed by atoms with Crippen molar-refractivity contribution in [3.63, 3.8) is 0 Å². The monoisotopic (exact) mass is 250 g/mol. The second-order valence-electron chi connectivity index (χ2n) is 5.33. The summed E-state index contributed by atoms with van der Waals surface area (Å²) in [5.74, 6) is 0.560. The summed E-state index contributed by atoms with van der Waals surface area (Å²) in [6.07, 6.45) is 10.6. The second kappa shape index (κ2) is 6.83. The van der Waals surface area contributed by atoms with Crippen molar-refractivity contribution in [3.05, 3.63) is 29.8 Å². The summed E-state index contributed by atoms with van der Waals surface area (Å²) in [7, 11) is 0. The summed E-state index contributed by atoms with van der Waals surface area (Å²) in [5.41, 5.74) is 0.996. The van der Waals surface area contributed by atoms with Gasteiger partial charge in [0.05, 0.1) is 6.20 Å². The molecular formula is C15H23FN2. The van der Waals surface area contributed by atoms with Crippen LogP contribution in [0.5, 0.6) is 0 Å². The molecule has 100 valence electrons. The molecule has 0 aliphatic heterocycles. The van der Waals surface area contributed by atoms with Crippen LogP contribution in [0.25, 0.3) is 0 Å². The van der Waals surface area contributed by atoms with Crippen LogP contribution in [0.2, 0.25) is 0 Å². The molecule has 1 aliphatic rings. The van der Waals surface area contributed by atoms with Crippen molar-refractivity contribution < 1.29 is 4.39 Å². The fraction of sp³-hybridized carbons (Fsp3) is 0.667. The van der Waals surface area contributed by atoms with Crippen LogP contribution in [0.4, 0.5) is 4.39 Å². The van der Waals surface area contributed by atoms with Crippen LogP contribution in [0.15, 0.2) is 18.5 Å². The highest BCUT2D eigenvalue weighted by molar-refractivity contribution is 5.15. The Balaban J connectivity index is 2.03. The predicted molar refractivity (Wildman–Crippen MR) is 71.8 cm³/mol. The fourth-order valence-corrected chi connectivity index (χ4v) is 2.85. The largest absolute Gasteiger partial charge is 0.310 e. The van der Waals surface area contributed by atoms with Gasteiger partial charge in [-0.25, -0.2) is 4.39 Å². The molecule has 1 unspecified atom stereocenters. The Morgan fingerprint density at radius 2 is 2.17 bits per heavy atom. The molecule has 2 rings (SSSR count). The lowest BCUT2D eigenvalue weighted by Crippen LogP contribution is -2.24. The Bertz CT molecular complexity index is 361. The molecule has 1 N–H and O–H groups in total. The molecule has 2 nitrogen and oxygen atoms in total. The molecular weight excluding hydrogens is 227 g/mol. The first-order valence-electron chi connectivity index (χ1n) is 7.13. The van der Waals surface area contributed by atoms with E-state index in [1.54, 1.807) is 12.3 Å². The standard InChI is InChI=1S/C15H23FN2/c1-2-7-18-15(8-12-5-3-4-6-12)13-9-14(16)11-17-10-13/h9-12,15,18H,2-8H2,1H3. The maximum absolute atomic E-state index is 13.3. The summed E-state index contributed by atoms with van der Waals surface area (Å²) in [6, 6.07) is 1.88. The lowest BCUT2D eigenvalue weighted by molar-refractivity contribution is 0.393. The number of aromatic nitrogens is 1. The summed E-state index contributed by atoms with van der Waals surface area (Å²) < 4.78 is 13.3. The Labute approximate surface area is 109 Å². The zero-order valence-corrected chi connectivity index (χ0v) is 11.2. The highest BCUT2D eigenvalue weighted by Gasteiger charge is 2.21. The predicted octanol–water partition coefficient (Wildman–Crippen LogP) is 3.84. The van der Waals surface area contributed by atoms with Gasteiger partial charge in [-0.1, -0.05) is 32.6 Å². The first-order valence-corrected chi connectivity index (χ1v) is 7.13. The van der Waals surface area contributed by atoms with Gasteiger partial charge < -0.3 is 5.32 Å². The fourth-order valence-electron chi connectivity index (χ4n) is 2.85. The number of nitrogens with one attached hydrogen (secondary N) is 1. The molecule has 0 saturated heterocycles. The summed E-state index contributed by atoms with van der Waals surface area (Å²) >= 11 is 0. The van der Waals surface area contributed by atoms with Gasteiger partial charge in [0.1, 0.15) is 5.82 Å². The van der Waals surface area contributed by atoms with E-state index in [0.717, 1.165) is 30.9 Å². The minimum Gasteiger partial charge on any atom is -0.310 e. The van der Waals surface area contributed by atoms with Gasteiger partial charge in [-0.15, -0.1) is 0 Å². The average Bonchev–Trinajstić information content (AvgIpc) is 2.87. The van der Waals surface area contributed by atoms with Gasteiger partial charge in [0.25, 0.3) is 0 Å². The van der Waals surface area contributed by atoms with Crippen LogP contribution in [0, 0.1) is 11.7 Å². The van der Waals surface area contributed by atoms with Crippen LogP contribution >= 0.6 is 0 Å². The van der Waals surface area contributed by atoms with Crippen molar-refractivity contribution >= 4 is 0 Å². The third-order valence-electron chi connectivity index (χ3n) is 3.81. The molecule has 1 aliphatic carbocycles. The molecule has 1 fully saturated rings. The first kappa shape index (κ1) is 13.5. The van der Waals surface area contributed by atoms with E-state index in [2.05, 4.69) is 17.2 Å². The van der Waals surface area contributed by atoms with Crippen LogP contribution in [-0.2, 0) is 0 Å². The second-order valence-corrected chi connectivity index (χ2v) is 5.33. The van der Waals surface area contributed by atoms with E-state index in [-0.39, 0.29) is 11.9 Å². The SMILES string of the molecule is CCCNC(CC1CCCC1)c1cncc(F)c1. The van der Waals surface area contributed by atoms with Crippen LogP contribution in [0.3, 0.4) is 0 Å². The van der Waals surface area contributed by atoms with E-state index in [1.807, 2.05) is 0 Å². The van der Waals surface area contributed by atoms with Crippen LogP contribution < -0.4 is 5.32 Å². The number of hydrogen-bond acceptors (Lipinski definition) is 2. The number of pyridine rings is 1. The van der Waals surface area contributed by atoms with Gasteiger partial charge >= 0.3 is 0 Å². The molecule has 1 saturated carbocycles. The zero-order chi connectivity index (χ0) is 12.8. The lowest BCUT2D eigenvalue weighted by Gasteiger charge is -2.22. The Hall–Kier alpha value is -0.960. The number of nitrogens with zero attached hydrogens (tertiary/aromatic N) is 1. The number of halogens is 1. The topological polar surface area (TPSA) is 24.9 Å². The van der Waals surface area contributed by atoms with E-state index in [1.165, 1.54) is 31.9 Å². The number of hydrogen-bond donors (Lipinski definition) is 1. The normalized spacial score (nSPS) is 18.1. The quantitative estimate of drug-likeness (QED) is 0.829. The van der Waals surface area contributed by atoms with Crippen molar-refractivity contribution in [2.45, 2.75) is 51.5 Å². The van der Waals surface area contributed by atoms with Gasteiger partial charge in [0, 0.05) is 12.2 Å². The van der Waals surface area contributed by atoms with Gasteiger partial charge in [-0.05, 0) is 36.9 Å². The molecule has 1 atom stereocenters. The molecule has 18 heavy (non-hydrogen) atoms. The van der Waals surface area contributed by atoms with Crippen molar-refractivity contribution in [2.24, 2.45) is 5.92 Å². The van der Waals surface area contributed by atoms with E-state index in [4.69, 9.17) is 0 Å². The molecule has 1 heterocycles. The van der Waals surface area contributed by atoms with E-state index < -0.39 is 0 Å². The van der Waals surface area contributed by atoms with E-state index in [0.29, 0.717) is 0 Å². The first-order chi connectivity index (χ1) is 8.79. The molecule has 0 aromatic carbocycles. The van der Waals surface area contributed by atoms with E-state index >= 15 is 0 Å². The number of rotatable bonds is 6. The molecule has 1 aromatic heterocycles. The summed E-state index contributed by atoms with van der Waals surface area (Å²) in [6.45, 7) is 3.14. The van der Waals surface area contributed by atoms with Crippen molar-refractivity contribution in [2.75, 3.05) is 6.54 Å². The van der Waals surface area contributed by atoms with Gasteiger partial charge in [0.2, 0.25) is 0 Å². The van der Waals surface area contributed by atoms with E-state index in [9.17, 15) is 4.39 Å². The molecule has 0 bridgehead atoms. The van der Waals surface area contributed by atoms with Crippen LogP contribution in [-0.4, -0.2) is 11.5 Å². The Morgan fingerprint density at radius 3 is 2.83 bits per heavy atom. The molecule has 1 aromatic rings.